The van der Waals surface area contributed by atoms with Gasteiger partial charge in [-0.05, 0) is 31.0 Å². The van der Waals surface area contributed by atoms with E-state index in [9.17, 15) is 13.2 Å². The molecule has 0 radical (unpaired) electrons. The molecule has 0 bridgehead atoms. The fraction of sp³-hybridized carbons (Fsp3) is 0.238. The number of fused-ring (bicyclic) bond motifs is 1. The first-order chi connectivity index (χ1) is 16.9. The fourth-order valence-electron chi connectivity index (χ4n) is 3.18. The minimum atomic E-state index is -3.36. The van der Waals surface area contributed by atoms with E-state index in [4.69, 9.17) is 9.57 Å². The van der Waals surface area contributed by atoms with Gasteiger partial charge in [0.2, 0.25) is 5.88 Å². The number of hydrogen-bond donors (Lipinski definition) is 2. The summed E-state index contributed by atoms with van der Waals surface area (Å²) in [4.78, 5) is 30.7. The summed E-state index contributed by atoms with van der Waals surface area (Å²) >= 11 is 1.17. The van der Waals surface area contributed by atoms with Gasteiger partial charge in [0.05, 0.1) is 17.3 Å². The molecule has 3 heterocycles. The Bertz CT molecular complexity index is 1490. The number of rotatable bonds is 9. The highest BCUT2D eigenvalue weighted by Crippen LogP contribution is 2.33. The molecule has 1 aliphatic rings. The highest BCUT2D eigenvalue weighted by atomic mass is 32.2. The van der Waals surface area contributed by atoms with E-state index < -0.39 is 15.7 Å². The second-order valence-electron chi connectivity index (χ2n) is 7.57. The lowest BCUT2D eigenvalue weighted by atomic mass is 10.1. The predicted molar refractivity (Wildman–Crippen MR) is 127 cm³/mol. The Labute approximate surface area is 203 Å². The van der Waals surface area contributed by atoms with Crippen LogP contribution in [-0.4, -0.2) is 57.5 Å². The summed E-state index contributed by atoms with van der Waals surface area (Å²) in [6.07, 6.45) is 2.72. The van der Waals surface area contributed by atoms with Crippen molar-refractivity contribution in [3.8, 4) is 5.88 Å². The first-order valence-electron chi connectivity index (χ1n) is 10.5. The first kappa shape index (κ1) is 22.9. The number of anilines is 1. The van der Waals surface area contributed by atoms with Crippen LogP contribution < -0.4 is 10.1 Å². The zero-order valence-electron chi connectivity index (χ0n) is 18.3. The quantitative estimate of drug-likeness (QED) is 0.253. The summed E-state index contributed by atoms with van der Waals surface area (Å²) in [6, 6.07) is 9.40. The summed E-state index contributed by atoms with van der Waals surface area (Å²) in [5.74, 6) is 0.264. The topological polar surface area (TPSA) is 161 Å². The third kappa shape index (κ3) is 4.97. The maximum atomic E-state index is 13.2. The van der Waals surface area contributed by atoms with E-state index >= 15 is 0 Å². The van der Waals surface area contributed by atoms with E-state index in [0.717, 1.165) is 0 Å². The normalized spacial score (nSPS) is 14.1. The fourth-order valence-corrected chi connectivity index (χ4v) is 5.66. The average Bonchev–Trinajstić information content (AvgIpc) is 3.46. The number of hydrogen-bond acceptors (Lipinski definition) is 11. The number of carbonyl (C=O) groups is 1. The molecule has 1 amide bonds. The number of aromatic amines is 1. The number of aromatic nitrogens is 5. The maximum absolute atomic E-state index is 13.2. The Morgan fingerprint density at radius 1 is 1.20 bits per heavy atom. The maximum Gasteiger partial charge on any atom is 0.280 e. The predicted octanol–water partition coefficient (Wildman–Crippen LogP) is 2.31. The average molecular weight is 514 g/mol. The molecule has 2 N–H and O–H groups in total. The van der Waals surface area contributed by atoms with Gasteiger partial charge in [0.1, 0.15) is 16.7 Å². The summed E-state index contributed by atoms with van der Waals surface area (Å²) in [5, 5.41) is 14.1. The third-order valence-corrected chi connectivity index (χ3v) is 8.28. The van der Waals surface area contributed by atoms with Crippen molar-refractivity contribution < 1.29 is 22.8 Å². The van der Waals surface area contributed by atoms with Crippen molar-refractivity contribution >= 4 is 48.3 Å². The van der Waals surface area contributed by atoms with Crippen molar-refractivity contribution in [2.45, 2.75) is 29.6 Å². The van der Waals surface area contributed by atoms with Crippen molar-refractivity contribution in [3.63, 3.8) is 0 Å². The number of benzene rings is 1. The Balaban J connectivity index is 1.40. The van der Waals surface area contributed by atoms with Gasteiger partial charge in [-0.1, -0.05) is 28.6 Å². The van der Waals surface area contributed by atoms with Crippen LogP contribution in [0.2, 0.25) is 0 Å². The largest absolute Gasteiger partial charge is 0.481 e. The minimum absolute atomic E-state index is 0.0459. The molecule has 4 aromatic rings. The molecular formula is C21H19N7O5S2. The molecule has 1 aromatic carbocycles. The highest BCUT2D eigenvalue weighted by molar-refractivity contribution is 7.92. The molecule has 14 heteroatoms. The number of thiazole rings is 1. The molecule has 5 rings (SSSR count). The van der Waals surface area contributed by atoms with Gasteiger partial charge in [0.25, 0.3) is 5.91 Å². The molecule has 0 unspecified atom stereocenters. The van der Waals surface area contributed by atoms with Crippen LogP contribution >= 0.6 is 11.3 Å². The van der Waals surface area contributed by atoms with Crippen molar-refractivity contribution in [1.82, 2.24) is 25.1 Å². The molecule has 1 saturated carbocycles. The summed E-state index contributed by atoms with van der Waals surface area (Å²) in [5.41, 5.74) is 0.904. The molecule has 3 aromatic heterocycles. The Morgan fingerprint density at radius 2 is 2.00 bits per heavy atom. The van der Waals surface area contributed by atoms with E-state index in [1.54, 1.807) is 12.1 Å². The Hall–Kier alpha value is -3.91. The molecule has 0 spiro atoms. The smallest absolute Gasteiger partial charge is 0.280 e. The van der Waals surface area contributed by atoms with Crippen molar-refractivity contribution in [1.29, 1.82) is 0 Å². The number of oxime groups is 1. The molecule has 35 heavy (non-hydrogen) atoms. The van der Waals surface area contributed by atoms with Crippen LogP contribution in [0.15, 0.2) is 52.8 Å². The molecule has 0 saturated heterocycles. The van der Waals surface area contributed by atoms with Crippen LogP contribution in [0.3, 0.4) is 0 Å². The van der Waals surface area contributed by atoms with Crippen LogP contribution in [0.1, 0.15) is 24.2 Å². The molecule has 1 aliphatic carbocycles. The van der Waals surface area contributed by atoms with Gasteiger partial charge in [-0.3, -0.25) is 10.1 Å². The van der Waals surface area contributed by atoms with Gasteiger partial charge < -0.3 is 14.6 Å². The number of amides is 1. The second-order valence-corrected chi connectivity index (χ2v) is 10.8. The summed E-state index contributed by atoms with van der Waals surface area (Å²) in [6.45, 7) is -0.0459. The van der Waals surface area contributed by atoms with Gasteiger partial charge >= 0.3 is 0 Å². The van der Waals surface area contributed by atoms with Gasteiger partial charge in [0.15, 0.2) is 33.1 Å². The van der Waals surface area contributed by atoms with Gasteiger partial charge in [-0.25, -0.2) is 18.4 Å². The number of carbonyl (C=O) groups excluding carboxylic acids is 1. The van der Waals surface area contributed by atoms with Crippen LogP contribution in [0.5, 0.6) is 5.88 Å². The molecular weight excluding hydrogens is 494 g/mol. The van der Waals surface area contributed by atoms with Gasteiger partial charge in [-0.2, -0.15) is 0 Å². The first-order valence-corrected chi connectivity index (χ1v) is 12.8. The van der Waals surface area contributed by atoms with Crippen molar-refractivity contribution in [3.05, 3.63) is 54.1 Å². The zero-order chi connectivity index (χ0) is 24.4. The zero-order valence-corrected chi connectivity index (χ0v) is 20.0. The number of nitrogens with zero attached hydrogens (tertiary/aromatic N) is 5. The Kier molecular flexibility index (Phi) is 6.13. The lowest BCUT2D eigenvalue weighted by Crippen LogP contribution is -2.24. The summed E-state index contributed by atoms with van der Waals surface area (Å²) < 4.78 is 30.2. The van der Waals surface area contributed by atoms with Crippen LogP contribution in [0.4, 0.5) is 5.13 Å². The van der Waals surface area contributed by atoms with Crippen LogP contribution in [0.25, 0.3) is 10.3 Å². The van der Waals surface area contributed by atoms with E-state index in [-0.39, 0.29) is 22.5 Å². The summed E-state index contributed by atoms with van der Waals surface area (Å²) in [7, 11) is -1.85. The van der Waals surface area contributed by atoms with Crippen molar-refractivity contribution in [2.24, 2.45) is 5.16 Å². The third-order valence-electron chi connectivity index (χ3n) is 5.12. The highest BCUT2D eigenvalue weighted by Gasteiger charge is 2.36. The molecule has 0 atom stereocenters. The number of ether oxygens (including phenoxy) is 1. The number of H-pyrrole nitrogens is 1. The van der Waals surface area contributed by atoms with Crippen LogP contribution in [-0.2, 0) is 26.1 Å². The lowest BCUT2D eigenvalue weighted by Gasteiger charge is -2.08. The lowest BCUT2D eigenvalue weighted by molar-refractivity contribution is -0.110. The molecule has 180 valence electrons. The number of pyridine rings is 1. The van der Waals surface area contributed by atoms with Crippen LogP contribution in [0, 0.1) is 0 Å². The standard InChI is InChI=1S/C21H19N7O5S2/c1-32-17-9-8-15-20(25-17)34-21(24-15)26-19(29)18(28-33-10-16-22-11-23-27-16)12-2-4-13(5-3-12)35(30,31)14-6-7-14/h2-5,8-9,11,14H,6-7,10H2,1H3,(H,22,23,27)(H,24,26,29)/b28-18+. The van der Waals surface area contributed by atoms with E-state index in [2.05, 4.69) is 35.6 Å². The monoisotopic (exact) mass is 513 g/mol. The van der Waals surface area contributed by atoms with E-state index in [1.807, 2.05) is 0 Å². The minimum Gasteiger partial charge on any atom is -0.481 e. The number of nitrogens with one attached hydrogen (secondary N) is 2. The van der Waals surface area contributed by atoms with Gasteiger partial charge in [0, 0.05) is 11.6 Å². The molecule has 1 fully saturated rings. The second kappa shape index (κ2) is 9.38. The number of sulfone groups is 1. The van der Waals surface area contributed by atoms with E-state index in [1.165, 1.54) is 49.0 Å². The number of methoxy groups -OCH3 is 1. The van der Waals surface area contributed by atoms with E-state index in [0.29, 0.717) is 45.6 Å². The van der Waals surface area contributed by atoms with Gasteiger partial charge in [-0.15, -0.1) is 10.2 Å². The molecule has 0 aliphatic heterocycles. The molecule has 12 nitrogen and oxygen atoms in total. The SMILES string of the molecule is COc1ccc2nc(NC(=O)/C(=N/OCc3nnc[nH]3)c3ccc(S(=O)(=O)C4CC4)cc3)sc2n1. The Morgan fingerprint density at radius 3 is 2.69 bits per heavy atom. The van der Waals surface area contributed by atoms with Crippen molar-refractivity contribution in [2.75, 3.05) is 12.4 Å².